The van der Waals surface area contributed by atoms with Gasteiger partial charge in [-0.05, 0) is 29.0 Å². The first kappa shape index (κ1) is 15.6. The number of thioether (sulfide) groups is 1. The number of nitrogens with two attached hydrogens (primary N) is 1. The molecule has 1 aromatic rings. The van der Waals surface area contributed by atoms with Gasteiger partial charge in [0, 0.05) is 16.7 Å². The van der Waals surface area contributed by atoms with Crippen LogP contribution >= 0.6 is 11.8 Å². The van der Waals surface area contributed by atoms with Crippen molar-refractivity contribution >= 4 is 11.8 Å². The van der Waals surface area contributed by atoms with Crippen LogP contribution in [0.2, 0.25) is 0 Å². The van der Waals surface area contributed by atoms with Gasteiger partial charge >= 0.3 is 0 Å². The molecule has 0 fully saturated rings. The lowest BCUT2D eigenvalue weighted by atomic mass is 9.87. The van der Waals surface area contributed by atoms with Crippen LogP contribution < -0.4 is 5.73 Å². The Labute approximate surface area is 117 Å². The first-order valence-electron chi connectivity index (χ1n) is 6.83. The molecule has 0 spiro atoms. The Morgan fingerprint density at radius 1 is 1.17 bits per heavy atom. The van der Waals surface area contributed by atoms with E-state index in [0.717, 1.165) is 12.2 Å². The van der Waals surface area contributed by atoms with Gasteiger partial charge in [0.1, 0.15) is 0 Å². The highest BCUT2D eigenvalue weighted by Crippen LogP contribution is 2.26. The lowest BCUT2D eigenvalue weighted by Gasteiger charge is -2.20. The standard InChI is InChI=1S/C16H27NS/c1-6-12(2)15(17)11-18-14-9-7-13(8-10-14)16(3,4)5/h7-10,12,15H,6,11,17H2,1-5H3. The van der Waals surface area contributed by atoms with Gasteiger partial charge in [-0.3, -0.25) is 0 Å². The number of benzene rings is 1. The monoisotopic (exact) mass is 265 g/mol. The SMILES string of the molecule is CCC(C)C(N)CSc1ccc(C(C)(C)C)cc1. The molecule has 2 unspecified atom stereocenters. The van der Waals surface area contributed by atoms with Crippen molar-refractivity contribution < 1.29 is 0 Å². The van der Waals surface area contributed by atoms with Crippen molar-refractivity contribution in [3.63, 3.8) is 0 Å². The summed E-state index contributed by atoms with van der Waals surface area (Å²) in [6, 6.07) is 9.19. The van der Waals surface area contributed by atoms with Gasteiger partial charge in [0.2, 0.25) is 0 Å². The maximum atomic E-state index is 6.15. The van der Waals surface area contributed by atoms with Crippen molar-refractivity contribution in [2.75, 3.05) is 5.75 Å². The van der Waals surface area contributed by atoms with Gasteiger partial charge in [-0.25, -0.2) is 0 Å². The molecular formula is C16H27NS. The van der Waals surface area contributed by atoms with E-state index in [1.807, 2.05) is 11.8 Å². The third-order valence-electron chi connectivity index (χ3n) is 3.54. The van der Waals surface area contributed by atoms with Gasteiger partial charge in [-0.1, -0.05) is 53.2 Å². The quantitative estimate of drug-likeness (QED) is 0.796. The highest BCUT2D eigenvalue weighted by atomic mass is 32.2. The first-order valence-corrected chi connectivity index (χ1v) is 7.82. The molecule has 0 aromatic heterocycles. The van der Waals surface area contributed by atoms with Gasteiger partial charge in [-0.15, -0.1) is 11.8 Å². The summed E-state index contributed by atoms with van der Waals surface area (Å²) in [5.41, 5.74) is 7.77. The van der Waals surface area contributed by atoms with Crippen LogP contribution in [0, 0.1) is 5.92 Å². The second-order valence-electron chi connectivity index (χ2n) is 6.13. The normalized spacial score (nSPS) is 15.4. The van der Waals surface area contributed by atoms with Crippen LogP contribution in [0.15, 0.2) is 29.2 Å². The summed E-state index contributed by atoms with van der Waals surface area (Å²) in [6.07, 6.45) is 1.16. The third kappa shape index (κ3) is 4.66. The summed E-state index contributed by atoms with van der Waals surface area (Å²) >= 11 is 1.87. The summed E-state index contributed by atoms with van der Waals surface area (Å²) < 4.78 is 0. The number of hydrogen-bond acceptors (Lipinski definition) is 2. The maximum absolute atomic E-state index is 6.15. The molecule has 1 nitrogen and oxygen atoms in total. The Hall–Kier alpha value is -0.470. The molecule has 0 aliphatic heterocycles. The molecule has 1 rings (SSSR count). The van der Waals surface area contributed by atoms with Crippen LogP contribution in [0.4, 0.5) is 0 Å². The van der Waals surface area contributed by atoms with Crippen LogP contribution in [0.25, 0.3) is 0 Å². The van der Waals surface area contributed by atoms with E-state index in [4.69, 9.17) is 5.73 Å². The van der Waals surface area contributed by atoms with E-state index in [1.165, 1.54) is 10.5 Å². The van der Waals surface area contributed by atoms with E-state index in [9.17, 15) is 0 Å². The molecule has 0 saturated carbocycles. The topological polar surface area (TPSA) is 26.0 Å². The second-order valence-corrected chi connectivity index (χ2v) is 7.23. The van der Waals surface area contributed by atoms with E-state index in [1.54, 1.807) is 0 Å². The zero-order valence-electron chi connectivity index (χ0n) is 12.4. The Balaban J connectivity index is 2.54. The molecule has 0 aliphatic rings. The van der Waals surface area contributed by atoms with Crippen molar-refractivity contribution in [1.29, 1.82) is 0 Å². The van der Waals surface area contributed by atoms with E-state index >= 15 is 0 Å². The molecule has 0 radical (unpaired) electrons. The Morgan fingerprint density at radius 3 is 2.17 bits per heavy atom. The molecule has 2 N–H and O–H groups in total. The summed E-state index contributed by atoms with van der Waals surface area (Å²) in [5, 5.41) is 0. The minimum Gasteiger partial charge on any atom is -0.327 e. The molecule has 0 saturated heterocycles. The lowest BCUT2D eigenvalue weighted by Crippen LogP contribution is -2.30. The molecule has 2 heteroatoms. The van der Waals surface area contributed by atoms with Crippen molar-refractivity contribution in [2.45, 2.75) is 57.4 Å². The average molecular weight is 265 g/mol. The molecule has 1 aromatic carbocycles. The van der Waals surface area contributed by atoms with Crippen molar-refractivity contribution in [3.05, 3.63) is 29.8 Å². The molecule has 0 amide bonds. The van der Waals surface area contributed by atoms with Gasteiger partial charge < -0.3 is 5.73 Å². The third-order valence-corrected chi connectivity index (χ3v) is 4.69. The van der Waals surface area contributed by atoms with Crippen LogP contribution in [0.5, 0.6) is 0 Å². The van der Waals surface area contributed by atoms with Crippen molar-refractivity contribution in [2.24, 2.45) is 11.7 Å². The van der Waals surface area contributed by atoms with Crippen LogP contribution in [-0.2, 0) is 5.41 Å². The summed E-state index contributed by atoms with van der Waals surface area (Å²) in [4.78, 5) is 1.32. The van der Waals surface area contributed by atoms with Gasteiger partial charge in [0.25, 0.3) is 0 Å². The minimum atomic E-state index is 0.232. The lowest BCUT2D eigenvalue weighted by molar-refractivity contribution is 0.475. The van der Waals surface area contributed by atoms with E-state index in [2.05, 4.69) is 58.9 Å². The smallest absolute Gasteiger partial charge is 0.0159 e. The fourth-order valence-corrected chi connectivity index (χ4v) is 2.75. The Morgan fingerprint density at radius 2 is 1.72 bits per heavy atom. The molecule has 2 atom stereocenters. The summed E-state index contributed by atoms with van der Waals surface area (Å²) in [6.45, 7) is 11.2. The zero-order chi connectivity index (χ0) is 13.8. The Bertz CT molecular complexity index is 350. The van der Waals surface area contributed by atoms with E-state index < -0.39 is 0 Å². The minimum absolute atomic E-state index is 0.232. The van der Waals surface area contributed by atoms with Crippen LogP contribution in [0.3, 0.4) is 0 Å². The predicted octanol–water partition coefficient (Wildman–Crippen LogP) is 4.45. The van der Waals surface area contributed by atoms with Crippen molar-refractivity contribution in [3.8, 4) is 0 Å². The average Bonchev–Trinajstić information content (AvgIpc) is 2.34. The van der Waals surface area contributed by atoms with Gasteiger partial charge in [0.05, 0.1) is 0 Å². The molecule has 0 heterocycles. The highest BCUT2D eigenvalue weighted by Gasteiger charge is 2.14. The largest absolute Gasteiger partial charge is 0.327 e. The van der Waals surface area contributed by atoms with Crippen LogP contribution in [-0.4, -0.2) is 11.8 Å². The number of rotatable bonds is 5. The molecule has 102 valence electrons. The van der Waals surface area contributed by atoms with Gasteiger partial charge in [0.15, 0.2) is 0 Å². The molecule has 18 heavy (non-hydrogen) atoms. The maximum Gasteiger partial charge on any atom is 0.0159 e. The fourth-order valence-electron chi connectivity index (χ4n) is 1.71. The van der Waals surface area contributed by atoms with E-state index in [-0.39, 0.29) is 5.41 Å². The van der Waals surface area contributed by atoms with Crippen molar-refractivity contribution in [1.82, 2.24) is 0 Å². The zero-order valence-corrected chi connectivity index (χ0v) is 13.2. The predicted molar refractivity (Wildman–Crippen MR) is 83.3 cm³/mol. The number of hydrogen-bond donors (Lipinski definition) is 1. The Kier molecular flexibility index (Phi) is 5.74. The second kappa shape index (κ2) is 6.63. The van der Waals surface area contributed by atoms with Gasteiger partial charge in [-0.2, -0.15) is 0 Å². The molecule has 0 aliphatic carbocycles. The molecular weight excluding hydrogens is 238 g/mol. The molecule has 0 bridgehead atoms. The highest BCUT2D eigenvalue weighted by molar-refractivity contribution is 7.99. The van der Waals surface area contributed by atoms with Crippen LogP contribution in [0.1, 0.15) is 46.6 Å². The summed E-state index contributed by atoms with van der Waals surface area (Å²) in [5.74, 6) is 1.61. The first-order chi connectivity index (χ1) is 8.34. The summed E-state index contributed by atoms with van der Waals surface area (Å²) in [7, 11) is 0. The fraction of sp³-hybridized carbons (Fsp3) is 0.625. The van der Waals surface area contributed by atoms with E-state index in [0.29, 0.717) is 12.0 Å².